The van der Waals surface area contributed by atoms with Gasteiger partial charge in [-0.2, -0.15) is 9.61 Å². The molecular formula is C30H28ClN7O3. The van der Waals surface area contributed by atoms with Crippen molar-refractivity contribution in [2.24, 2.45) is 5.73 Å². The van der Waals surface area contributed by atoms with Gasteiger partial charge in [0, 0.05) is 31.8 Å². The van der Waals surface area contributed by atoms with Gasteiger partial charge in [-0.1, -0.05) is 72.3 Å². The van der Waals surface area contributed by atoms with Gasteiger partial charge in [-0.25, -0.2) is 9.97 Å². The minimum absolute atomic E-state index is 0.112. The van der Waals surface area contributed by atoms with Crippen LogP contribution in [0.2, 0.25) is 5.02 Å². The Morgan fingerprint density at radius 1 is 1.07 bits per heavy atom. The first-order valence-electron chi connectivity index (χ1n) is 13.2. The van der Waals surface area contributed by atoms with Crippen LogP contribution in [0.4, 0.5) is 17.3 Å². The van der Waals surface area contributed by atoms with Crippen molar-refractivity contribution in [1.82, 2.24) is 19.6 Å². The van der Waals surface area contributed by atoms with Crippen LogP contribution in [0, 0.1) is 0 Å². The van der Waals surface area contributed by atoms with Gasteiger partial charge in [-0.05, 0) is 17.2 Å². The maximum Gasteiger partial charge on any atom is 0.254 e. The molecule has 1 saturated heterocycles. The van der Waals surface area contributed by atoms with E-state index in [1.54, 1.807) is 10.6 Å². The standard InChI is InChI=1S/C30H28ClN7O3/c31-22-13-25(30(33-15-22)41-23-11-12-40-19-23)35-26-14-27(38-29(36-26)24(16-34-38)28(32)39)37(17-20-7-3-1-4-8-20)18-21-9-5-2-6-10-21/h1-10,13-16,23H,11-12,17-19H2,(H2,32,39)(H,35,36). The van der Waals surface area contributed by atoms with E-state index in [0.717, 1.165) is 17.5 Å². The smallest absolute Gasteiger partial charge is 0.254 e. The zero-order valence-corrected chi connectivity index (χ0v) is 22.9. The third-order valence-electron chi connectivity index (χ3n) is 6.72. The van der Waals surface area contributed by atoms with Crippen LogP contribution in [0.25, 0.3) is 5.65 Å². The van der Waals surface area contributed by atoms with E-state index < -0.39 is 5.91 Å². The first-order valence-corrected chi connectivity index (χ1v) is 13.6. The van der Waals surface area contributed by atoms with Crippen LogP contribution in [-0.2, 0) is 17.8 Å². The summed E-state index contributed by atoms with van der Waals surface area (Å²) in [5.41, 5.74) is 8.99. The number of pyridine rings is 1. The Morgan fingerprint density at radius 2 is 1.78 bits per heavy atom. The predicted octanol–water partition coefficient (Wildman–Crippen LogP) is 4.99. The molecule has 1 fully saturated rings. The SMILES string of the molecule is NC(=O)c1cnn2c(N(Cc3ccccc3)Cc3ccccc3)cc(Nc3cc(Cl)cnc3OC3CCOC3)nc12. The van der Waals surface area contributed by atoms with Gasteiger partial charge in [0.05, 0.1) is 24.4 Å². The highest BCUT2D eigenvalue weighted by molar-refractivity contribution is 6.30. The van der Waals surface area contributed by atoms with Crippen LogP contribution in [0.15, 0.2) is 85.2 Å². The number of benzene rings is 2. The molecule has 1 unspecified atom stereocenters. The maximum absolute atomic E-state index is 12.3. The zero-order chi connectivity index (χ0) is 28.2. The number of fused-ring (bicyclic) bond motifs is 1. The van der Waals surface area contributed by atoms with Crippen molar-refractivity contribution in [3.8, 4) is 5.88 Å². The van der Waals surface area contributed by atoms with Gasteiger partial charge in [-0.15, -0.1) is 0 Å². The quantitative estimate of drug-likeness (QED) is 0.241. The Hall–Kier alpha value is -4.67. The van der Waals surface area contributed by atoms with E-state index in [-0.39, 0.29) is 11.7 Å². The van der Waals surface area contributed by atoms with Crippen LogP contribution in [-0.4, -0.2) is 44.8 Å². The monoisotopic (exact) mass is 569 g/mol. The average molecular weight is 570 g/mol. The van der Waals surface area contributed by atoms with Crippen molar-refractivity contribution >= 4 is 40.5 Å². The van der Waals surface area contributed by atoms with Gasteiger partial charge in [-0.3, -0.25) is 4.79 Å². The normalized spacial score (nSPS) is 14.7. The highest BCUT2D eigenvalue weighted by Crippen LogP contribution is 2.32. The van der Waals surface area contributed by atoms with Crippen molar-refractivity contribution in [2.75, 3.05) is 23.4 Å². The van der Waals surface area contributed by atoms with E-state index in [4.69, 9.17) is 31.8 Å². The third-order valence-corrected chi connectivity index (χ3v) is 6.93. The van der Waals surface area contributed by atoms with Crippen molar-refractivity contribution in [3.05, 3.63) is 107 Å². The summed E-state index contributed by atoms with van der Waals surface area (Å²) in [6, 6.07) is 23.9. The molecule has 208 valence electrons. The predicted molar refractivity (Wildman–Crippen MR) is 157 cm³/mol. The van der Waals surface area contributed by atoms with Crippen LogP contribution in [0.5, 0.6) is 5.88 Å². The second kappa shape index (κ2) is 11.8. The summed E-state index contributed by atoms with van der Waals surface area (Å²) >= 11 is 6.32. The number of ether oxygens (including phenoxy) is 2. The van der Waals surface area contributed by atoms with E-state index >= 15 is 0 Å². The number of nitrogens with two attached hydrogens (primary N) is 1. The van der Waals surface area contributed by atoms with Crippen LogP contribution in [0.1, 0.15) is 27.9 Å². The molecule has 3 aromatic heterocycles. The number of nitrogens with zero attached hydrogens (tertiary/aromatic N) is 5. The summed E-state index contributed by atoms with van der Waals surface area (Å²) in [5, 5.41) is 8.25. The summed E-state index contributed by atoms with van der Waals surface area (Å²) in [7, 11) is 0. The molecule has 3 N–H and O–H groups in total. The molecule has 4 heterocycles. The van der Waals surface area contributed by atoms with E-state index in [0.29, 0.717) is 60.2 Å². The second-order valence-corrected chi connectivity index (χ2v) is 10.2. The molecule has 6 rings (SSSR count). The Kier molecular flexibility index (Phi) is 7.66. The number of aromatic nitrogens is 4. The lowest BCUT2D eigenvalue weighted by molar-refractivity contribution is 0.100. The van der Waals surface area contributed by atoms with Gasteiger partial charge in [0.1, 0.15) is 29.0 Å². The lowest BCUT2D eigenvalue weighted by Gasteiger charge is -2.26. The molecule has 1 atom stereocenters. The molecule has 0 spiro atoms. The molecule has 11 heteroatoms. The Morgan fingerprint density at radius 3 is 2.41 bits per heavy atom. The number of hydrogen-bond donors (Lipinski definition) is 2. The molecule has 41 heavy (non-hydrogen) atoms. The van der Waals surface area contributed by atoms with Crippen molar-refractivity contribution in [3.63, 3.8) is 0 Å². The fourth-order valence-corrected chi connectivity index (χ4v) is 4.91. The number of carbonyl (C=O) groups excluding carboxylic acids is 1. The zero-order valence-electron chi connectivity index (χ0n) is 22.1. The van der Waals surface area contributed by atoms with Gasteiger partial charge >= 0.3 is 0 Å². The van der Waals surface area contributed by atoms with E-state index in [1.165, 1.54) is 12.4 Å². The Labute approximate surface area is 241 Å². The minimum atomic E-state index is -0.622. The summed E-state index contributed by atoms with van der Waals surface area (Å²) in [5.74, 6) is 0.905. The van der Waals surface area contributed by atoms with Gasteiger partial charge in [0.25, 0.3) is 5.91 Å². The van der Waals surface area contributed by atoms with Crippen molar-refractivity contribution in [1.29, 1.82) is 0 Å². The highest BCUT2D eigenvalue weighted by Gasteiger charge is 2.22. The summed E-state index contributed by atoms with van der Waals surface area (Å²) in [6.45, 7) is 2.28. The topological polar surface area (TPSA) is 120 Å². The molecule has 5 aromatic rings. The molecule has 0 radical (unpaired) electrons. The van der Waals surface area contributed by atoms with Gasteiger partial charge in [0.15, 0.2) is 5.65 Å². The molecule has 1 amide bonds. The van der Waals surface area contributed by atoms with Crippen LogP contribution < -0.4 is 20.7 Å². The molecule has 2 aromatic carbocycles. The number of nitrogens with one attached hydrogen (secondary N) is 1. The molecular weight excluding hydrogens is 542 g/mol. The van der Waals surface area contributed by atoms with Gasteiger partial charge < -0.3 is 25.4 Å². The van der Waals surface area contributed by atoms with Crippen molar-refractivity contribution in [2.45, 2.75) is 25.6 Å². The van der Waals surface area contributed by atoms with Crippen molar-refractivity contribution < 1.29 is 14.3 Å². The fourth-order valence-electron chi connectivity index (χ4n) is 4.75. The lowest BCUT2D eigenvalue weighted by atomic mass is 10.1. The molecule has 1 aliphatic rings. The maximum atomic E-state index is 12.3. The third kappa shape index (κ3) is 6.08. The number of primary amides is 1. The highest BCUT2D eigenvalue weighted by atomic mass is 35.5. The number of hydrogen-bond acceptors (Lipinski definition) is 8. The molecule has 10 nitrogen and oxygen atoms in total. The number of rotatable bonds is 10. The summed E-state index contributed by atoms with van der Waals surface area (Å²) in [4.78, 5) is 23.6. The first-order chi connectivity index (χ1) is 20.0. The minimum Gasteiger partial charge on any atom is -0.470 e. The summed E-state index contributed by atoms with van der Waals surface area (Å²) < 4.78 is 13.2. The molecule has 0 bridgehead atoms. The first kappa shape index (κ1) is 26.5. The fraction of sp³-hybridized carbons (Fsp3) is 0.200. The summed E-state index contributed by atoms with van der Waals surface area (Å²) in [6.07, 6.45) is 3.63. The molecule has 0 saturated carbocycles. The van der Waals surface area contributed by atoms with Crippen LogP contribution >= 0.6 is 11.6 Å². The van der Waals surface area contributed by atoms with Crippen LogP contribution in [0.3, 0.4) is 0 Å². The molecule has 0 aliphatic carbocycles. The number of halogens is 1. The number of anilines is 3. The largest absolute Gasteiger partial charge is 0.470 e. The average Bonchev–Trinajstić information content (AvgIpc) is 3.65. The second-order valence-electron chi connectivity index (χ2n) is 9.72. The molecule has 1 aliphatic heterocycles. The van der Waals surface area contributed by atoms with Gasteiger partial charge in [0.2, 0.25) is 5.88 Å². The number of carbonyl (C=O) groups is 1. The number of amides is 1. The van der Waals surface area contributed by atoms with E-state index in [1.807, 2.05) is 42.5 Å². The van der Waals surface area contributed by atoms with E-state index in [2.05, 4.69) is 44.6 Å². The Balaban J connectivity index is 1.44. The Bertz CT molecular complexity index is 1620. The lowest BCUT2D eigenvalue weighted by Crippen LogP contribution is -2.25. The van der Waals surface area contributed by atoms with E-state index in [9.17, 15) is 4.79 Å².